The van der Waals surface area contributed by atoms with Crippen molar-refractivity contribution in [2.24, 2.45) is 22.7 Å². The Labute approximate surface area is 231 Å². The molecule has 4 aliphatic rings. The first kappa shape index (κ1) is 26.6. The average Bonchev–Trinajstić information content (AvgIpc) is 3.22. The fourth-order valence-electron chi connectivity index (χ4n) is 8.13. The maximum absolute atomic E-state index is 13.4. The van der Waals surface area contributed by atoms with Crippen molar-refractivity contribution in [3.8, 4) is 11.5 Å². The zero-order valence-corrected chi connectivity index (χ0v) is 24.3. The predicted molar refractivity (Wildman–Crippen MR) is 148 cm³/mol. The lowest BCUT2D eigenvalue weighted by atomic mass is 9.43. The second kappa shape index (κ2) is 8.71. The number of hydrogen-bond donors (Lipinski definition) is 1. The van der Waals surface area contributed by atoms with E-state index in [1.807, 2.05) is 30.3 Å². The summed E-state index contributed by atoms with van der Waals surface area (Å²) in [7, 11) is -3.75. The van der Waals surface area contributed by atoms with Crippen LogP contribution in [0.3, 0.4) is 0 Å². The second-order valence-corrected chi connectivity index (χ2v) is 15.0. The topological polar surface area (TPSA) is 93.1 Å². The monoisotopic (exact) mass is 553 g/mol. The van der Waals surface area contributed by atoms with Crippen LogP contribution in [-0.4, -0.2) is 41.7 Å². The minimum atomic E-state index is -3.75. The minimum Gasteiger partial charge on any atom is -0.488 e. The fraction of sp³-hybridized carbons (Fsp3) is 0.581. The van der Waals surface area contributed by atoms with E-state index >= 15 is 0 Å². The van der Waals surface area contributed by atoms with Crippen LogP contribution in [0.15, 0.2) is 36.4 Å². The Morgan fingerprint density at radius 3 is 2.51 bits per heavy atom. The number of amides is 1. The summed E-state index contributed by atoms with van der Waals surface area (Å²) in [5, 5.41) is 11.1. The van der Waals surface area contributed by atoms with E-state index in [1.165, 1.54) is 0 Å². The van der Waals surface area contributed by atoms with Crippen molar-refractivity contribution in [2.75, 3.05) is 6.26 Å². The van der Waals surface area contributed by atoms with Crippen LogP contribution in [0.2, 0.25) is 0 Å². The lowest BCUT2D eigenvalue weighted by Crippen LogP contribution is -2.70. The molecule has 2 aliphatic carbocycles. The van der Waals surface area contributed by atoms with Crippen LogP contribution in [-0.2, 0) is 29.6 Å². The van der Waals surface area contributed by atoms with Crippen LogP contribution in [0.5, 0.6) is 11.5 Å². The van der Waals surface area contributed by atoms with Gasteiger partial charge in [-0.25, -0.2) is 12.7 Å². The van der Waals surface area contributed by atoms with Gasteiger partial charge in [0, 0.05) is 22.5 Å². The third kappa shape index (κ3) is 3.77. The zero-order chi connectivity index (χ0) is 28.0. The van der Waals surface area contributed by atoms with Crippen LogP contribution < -0.4 is 9.47 Å². The molecule has 7 nitrogen and oxygen atoms in total. The van der Waals surface area contributed by atoms with Gasteiger partial charge in [0.05, 0.1) is 24.5 Å². The largest absolute Gasteiger partial charge is 0.488 e. The highest BCUT2D eigenvalue weighted by molar-refractivity contribution is 7.88. The van der Waals surface area contributed by atoms with E-state index in [9.17, 15) is 18.3 Å². The molecule has 2 heterocycles. The first-order valence-electron chi connectivity index (χ1n) is 14.0. The molecule has 0 unspecified atom stereocenters. The first-order valence-corrected chi connectivity index (χ1v) is 15.9. The zero-order valence-electron chi connectivity index (χ0n) is 23.5. The molecule has 5 atom stereocenters. The number of carbonyl (C=O) groups excluding carboxylic acids is 1. The number of nitrogens with zero attached hydrogens (tertiary/aromatic N) is 1. The Morgan fingerprint density at radius 2 is 1.82 bits per heavy atom. The Balaban J connectivity index is 1.53. The van der Waals surface area contributed by atoms with E-state index in [2.05, 4.69) is 27.7 Å². The van der Waals surface area contributed by atoms with Crippen LogP contribution in [0.1, 0.15) is 80.4 Å². The molecule has 39 heavy (non-hydrogen) atoms. The van der Waals surface area contributed by atoms with E-state index in [0.717, 1.165) is 41.0 Å². The SMILES string of the molecule is C[C@H]1CC[C@H]2C(C)(C)[C@@H](O)CC[C@]23Oc2c(c(OCc4ccccc4)cc4c2CN(S(C)(=O)=O)C4=O)C[C@]13C. The second-order valence-electron chi connectivity index (χ2n) is 13.1. The molecule has 2 aromatic carbocycles. The van der Waals surface area contributed by atoms with Crippen molar-refractivity contribution in [3.63, 3.8) is 0 Å². The number of benzene rings is 2. The molecule has 8 heteroatoms. The molecule has 1 spiro atoms. The van der Waals surface area contributed by atoms with Gasteiger partial charge in [0.15, 0.2) is 0 Å². The normalized spacial score (nSPS) is 32.9. The molecule has 210 valence electrons. The van der Waals surface area contributed by atoms with Gasteiger partial charge in [-0.05, 0) is 55.1 Å². The molecule has 0 radical (unpaired) electrons. The molecular weight excluding hydrogens is 514 g/mol. The number of carbonyl (C=O) groups is 1. The summed E-state index contributed by atoms with van der Waals surface area (Å²) in [4.78, 5) is 13.4. The molecule has 2 aromatic rings. The highest BCUT2D eigenvalue weighted by atomic mass is 32.2. The number of fused-ring (bicyclic) bond motifs is 3. The van der Waals surface area contributed by atoms with E-state index in [1.54, 1.807) is 6.07 Å². The molecule has 6 rings (SSSR count). The summed E-state index contributed by atoms with van der Waals surface area (Å²) in [5.74, 6) is 1.14. The summed E-state index contributed by atoms with van der Waals surface area (Å²) < 4.78 is 39.7. The Kier molecular flexibility index (Phi) is 5.95. The molecule has 2 aliphatic heterocycles. The fourth-order valence-corrected chi connectivity index (χ4v) is 8.89. The van der Waals surface area contributed by atoms with Crippen molar-refractivity contribution >= 4 is 15.9 Å². The molecule has 0 bridgehead atoms. The van der Waals surface area contributed by atoms with Gasteiger partial charge < -0.3 is 14.6 Å². The molecule has 2 fully saturated rings. The summed E-state index contributed by atoms with van der Waals surface area (Å²) in [5.41, 5.74) is 1.78. The number of hydrogen-bond acceptors (Lipinski definition) is 6. The lowest BCUT2D eigenvalue weighted by Gasteiger charge is -2.67. The van der Waals surface area contributed by atoms with E-state index in [0.29, 0.717) is 48.0 Å². The smallest absolute Gasteiger partial charge is 0.268 e. The van der Waals surface area contributed by atoms with Gasteiger partial charge in [-0.2, -0.15) is 0 Å². The van der Waals surface area contributed by atoms with Crippen molar-refractivity contribution in [2.45, 2.75) is 84.7 Å². The van der Waals surface area contributed by atoms with Gasteiger partial charge in [0.25, 0.3) is 5.91 Å². The predicted octanol–water partition coefficient (Wildman–Crippen LogP) is 5.09. The maximum atomic E-state index is 13.4. The number of rotatable bonds is 4. The average molecular weight is 554 g/mol. The van der Waals surface area contributed by atoms with Crippen LogP contribution in [0.4, 0.5) is 0 Å². The highest BCUT2D eigenvalue weighted by Crippen LogP contribution is 2.67. The van der Waals surface area contributed by atoms with Gasteiger partial charge in [-0.3, -0.25) is 4.79 Å². The number of sulfonamides is 1. The molecule has 0 aromatic heterocycles. The Morgan fingerprint density at radius 1 is 1.10 bits per heavy atom. The third-order valence-electron chi connectivity index (χ3n) is 10.7. The van der Waals surface area contributed by atoms with Crippen LogP contribution in [0.25, 0.3) is 0 Å². The quantitative estimate of drug-likeness (QED) is 0.567. The van der Waals surface area contributed by atoms with E-state index < -0.39 is 27.6 Å². The maximum Gasteiger partial charge on any atom is 0.268 e. The molecular formula is C31H39NO6S. The van der Waals surface area contributed by atoms with Crippen molar-refractivity contribution in [1.82, 2.24) is 4.31 Å². The summed E-state index contributed by atoms with van der Waals surface area (Å²) in [6, 6.07) is 11.6. The molecule has 2 saturated carbocycles. The van der Waals surface area contributed by atoms with Gasteiger partial charge in [0.2, 0.25) is 10.0 Å². The standard InChI is InChI=1S/C31H39NO6S/c1-19-11-12-25-29(2,3)26(33)13-14-31(25)30(19,4)16-22-24(37-18-20-9-7-6-8-10-20)15-21-23(27(22)38-31)17-32(28(21)34)39(5,35)36/h6-10,15,19,25-26,33H,11-14,16-18H2,1-5H3/t19-,25-,26-,30+,31-/m0/s1. The van der Waals surface area contributed by atoms with E-state index in [4.69, 9.17) is 9.47 Å². The molecule has 0 saturated heterocycles. The first-order chi connectivity index (χ1) is 18.3. The Bertz CT molecular complexity index is 1440. The van der Waals surface area contributed by atoms with Crippen molar-refractivity contribution in [3.05, 3.63) is 58.7 Å². The Hall–Kier alpha value is -2.58. The van der Waals surface area contributed by atoms with Crippen molar-refractivity contribution in [1.29, 1.82) is 0 Å². The van der Waals surface area contributed by atoms with Crippen LogP contribution >= 0.6 is 0 Å². The number of ether oxygens (including phenoxy) is 2. The lowest BCUT2D eigenvalue weighted by molar-refractivity contribution is -0.233. The van der Waals surface area contributed by atoms with Gasteiger partial charge in [0.1, 0.15) is 23.7 Å². The number of aliphatic hydroxyl groups is 1. The van der Waals surface area contributed by atoms with Gasteiger partial charge >= 0.3 is 0 Å². The summed E-state index contributed by atoms with van der Waals surface area (Å²) in [6.07, 6.45) is 4.72. The van der Waals surface area contributed by atoms with Crippen molar-refractivity contribution < 1.29 is 27.8 Å². The van der Waals surface area contributed by atoms with Crippen LogP contribution in [0, 0.1) is 22.7 Å². The minimum absolute atomic E-state index is 0.0344. The molecule has 1 amide bonds. The summed E-state index contributed by atoms with van der Waals surface area (Å²) in [6.45, 7) is 9.22. The number of aliphatic hydroxyl groups excluding tert-OH is 1. The van der Waals surface area contributed by atoms with Gasteiger partial charge in [-0.1, -0.05) is 58.0 Å². The highest BCUT2D eigenvalue weighted by Gasteiger charge is 2.68. The summed E-state index contributed by atoms with van der Waals surface area (Å²) >= 11 is 0. The van der Waals surface area contributed by atoms with E-state index in [-0.39, 0.29) is 23.3 Å². The third-order valence-corrected chi connectivity index (χ3v) is 11.8. The van der Waals surface area contributed by atoms with Gasteiger partial charge in [-0.15, -0.1) is 0 Å². The molecule has 1 N–H and O–H groups in total.